The first-order valence-corrected chi connectivity index (χ1v) is 9.76. The number of benzene rings is 2. The molecule has 0 saturated carbocycles. The molecule has 0 aromatic heterocycles. The average Bonchev–Trinajstić information content (AvgIpc) is 3.11. The maximum atomic E-state index is 12.5. The van der Waals surface area contributed by atoms with Crippen molar-refractivity contribution in [2.45, 2.75) is 19.5 Å². The summed E-state index contributed by atoms with van der Waals surface area (Å²) in [4.78, 5) is 17.1. The minimum absolute atomic E-state index is 0.0767. The van der Waals surface area contributed by atoms with Crippen LogP contribution in [0.1, 0.15) is 16.7 Å². The van der Waals surface area contributed by atoms with Gasteiger partial charge in [0.2, 0.25) is 5.91 Å². The molecule has 0 spiro atoms. The van der Waals surface area contributed by atoms with Crippen molar-refractivity contribution in [3.63, 3.8) is 0 Å². The van der Waals surface area contributed by atoms with Crippen molar-refractivity contribution in [2.75, 3.05) is 44.3 Å². The van der Waals surface area contributed by atoms with Crippen molar-refractivity contribution >= 4 is 11.6 Å². The molecule has 0 unspecified atom stereocenters. The quantitative estimate of drug-likeness (QED) is 0.852. The second-order valence-electron chi connectivity index (χ2n) is 7.23. The molecule has 4 rings (SSSR count). The van der Waals surface area contributed by atoms with Gasteiger partial charge in [-0.15, -0.1) is 0 Å². The number of carbonyl (C=O) groups excluding carboxylic acids is 1. The Morgan fingerprint density at radius 1 is 0.963 bits per heavy atom. The number of rotatable bonds is 6. The zero-order chi connectivity index (χ0) is 18.5. The second-order valence-corrected chi connectivity index (χ2v) is 7.23. The maximum absolute atomic E-state index is 12.5. The fourth-order valence-electron chi connectivity index (χ4n) is 3.88. The number of hydrogen-bond donors (Lipinski definition) is 1. The second kappa shape index (κ2) is 8.55. The van der Waals surface area contributed by atoms with Crippen LogP contribution in [-0.4, -0.2) is 50.2 Å². The van der Waals surface area contributed by atoms with E-state index >= 15 is 0 Å². The molecular formula is C22H27N3O2. The largest absolute Gasteiger partial charge is 0.379 e. The van der Waals surface area contributed by atoms with Crippen LogP contribution in [0.25, 0.3) is 0 Å². The fraction of sp³-hybridized carbons (Fsp3) is 0.409. The highest BCUT2D eigenvalue weighted by Gasteiger charge is 2.20. The average molecular weight is 365 g/mol. The van der Waals surface area contributed by atoms with E-state index in [2.05, 4.69) is 51.5 Å². The molecule has 0 aliphatic carbocycles. The number of hydrogen-bond acceptors (Lipinski definition) is 4. The number of nitrogens with zero attached hydrogens (tertiary/aromatic N) is 2. The van der Waals surface area contributed by atoms with Gasteiger partial charge in [0.15, 0.2) is 0 Å². The van der Waals surface area contributed by atoms with Gasteiger partial charge in [0, 0.05) is 38.4 Å². The number of ether oxygens (including phenoxy) is 1. The Morgan fingerprint density at radius 3 is 2.56 bits per heavy atom. The van der Waals surface area contributed by atoms with Gasteiger partial charge in [-0.2, -0.15) is 0 Å². The lowest BCUT2D eigenvalue weighted by Crippen LogP contribution is -2.37. The van der Waals surface area contributed by atoms with E-state index < -0.39 is 0 Å². The summed E-state index contributed by atoms with van der Waals surface area (Å²) in [5.74, 6) is 0.0767. The number of morpholine rings is 1. The number of carbonyl (C=O) groups is 1. The highest BCUT2D eigenvalue weighted by molar-refractivity contribution is 5.82. The monoisotopic (exact) mass is 365 g/mol. The molecule has 1 N–H and O–H groups in total. The Balaban J connectivity index is 1.33. The molecule has 2 aromatic carbocycles. The smallest absolute Gasteiger partial charge is 0.239 e. The third-order valence-corrected chi connectivity index (χ3v) is 5.41. The lowest BCUT2D eigenvalue weighted by atomic mass is 10.1. The van der Waals surface area contributed by atoms with Crippen LogP contribution in [0.15, 0.2) is 48.5 Å². The van der Waals surface area contributed by atoms with Gasteiger partial charge in [-0.25, -0.2) is 0 Å². The van der Waals surface area contributed by atoms with Crippen molar-refractivity contribution in [1.82, 2.24) is 10.2 Å². The van der Waals surface area contributed by atoms with Crippen molar-refractivity contribution in [3.8, 4) is 0 Å². The number of amides is 1. The Morgan fingerprint density at radius 2 is 1.70 bits per heavy atom. The summed E-state index contributed by atoms with van der Waals surface area (Å²) >= 11 is 0. The van der Waals surface area contributed by atoms with Gasteiger partial charge in [-0.05, 0) is 29.2 Å². The van der Waals surface area contributed by atoms with E-state index in [4.69, 9.17) is 4.74 Å². The highest BCUT2D eigenvalue weighted by Crippen LogP contribution is 2.26. The topological polar surface area (TPSA) is 44.8 Å². The molecule has 5 nitrogen and oxygen atoms in total. The van der Waals surface area contributed by atoms with Gasteiger partial charge in [-0.3, -0.25) is 9.69 Å². The summed E-state index contributed by atoms with van der Waals surface area (Å²) in [6.07, 6.45) is 1.02. The van der Waals surface area contributed by atoms with Crippen LogP contribution >= 0.6 is 0 Å². The molecule has 1 amide bonds. The molecule has 5 heteroatoms. The Kier molecular flexibility index (Phi) is 5.70. The molecule has 27 heavy (non-hydrogen) atoms. The molecule has 1 saturated heterocycles. The predicted molar refractivity (Wildman–Crippen MR) is 107 cm³/mol. The lowest BCUT2D eigenvalue weighted by molar-refractivity contribution is -0.119. The summed E-state index contributed by atoms with van der Waals surface area (Å²) in [5, 5.41) is 3.11. The van der Waals surface area contributed by atoms with Crippen LogP contribution in [0.2, 0.25) is 0 Å². The number of nitrogens with one attached hydrogen (secondary N) is 1. The predicted octanol–water partition coefficient (Wildman–Crippen LogP) is 2.20. The van der Waals surface area contributed by atoms with Gasteiger partial charge in [0.25, 0.3) is 0 Å². The van der Waals surface area contributed by atoms with Gasteiger partial charge in [-0.1, -0.05) is 42.5 Å². The summed E-state index contributed by atoms with van der Waals surface area (Å²) in [6, 6.07) is 16.7. The van der Waals surface area contributed by atoms with E-state index in [0.717, 1.165) is 45.8 Å². The summed E-state index contributed by atoms with van der Waals surface area (Å²) < 4.78 is 5.43. The minimum Gasteiger partial charge on any atom is -0.379 e. The van der Waals surface area contributed by atoms with Crippen LogP contribution in [0.4, 0.5) is 5.69 Å². The molecular weight excluding hydrogens is 338 g/mol. The first-order chi connectivity index (χ1) is 13.3. The van der Waals surface area contributed by atoms with Crippen molar-refractivity contribution < 1.29 is 9.53 Å². The minimum atomic E-state index is 0.0767. The molecule has 0 bridgehead atoms. The lowest BCUT2D eigenvalue weighted by Gasteiger charge is -2.27. The zero-order valence-electron chi connectivity index (χ0n) is 15.7. The molecule has 142 valence electrons. The number of para-hydroxylation sites is 1. The molecule has 2 aromatic rings. The van der Waals surface area contributed by atoms with E-state index in [0.29, 0.717) is 13.1 Å². The van der Waals surface area contributed by atoms with Crippen LogP contribution in [-0.2, 0) is 29.0 Å². The Bertz CT molecular complexity index is 787. The van der Waals surface area contributed by atoms with Crippen LogP contribution < -0.4 is 10.2 Å². The van der Waals surface area contributed by atoms with Crippen molar-refractivity contribution in [3.05, 3.63) is 65.2 Å². The van der Waals surface area contributed by atoms with Crippen LogP contribution in [0, 0.1) is 0 Å². The molecule has 0 radical (unpaired) electrons. The van der Waals surface area contributed by atoms with Gasteiger partial charge in [0.05, 0.1) is 19.8 Å². The van der Waals surface area contributed by atoms with E-state index in [-0.39, 0.29) is 5.91 Å². The van der Waals surface area contributed by atoms with E-state index in [1.807, 2.05) is 12.1 Å². The van der Waals surface area contributed by atoms with Gasteiger partial charge >= 0.3 is 0 Å². The summed E-state index contributed by atoms with van der Waals surface area (Å²) in [5.41, 5.74) is 5.01. The molecule has 2 aliphatic heterocycles. The standard InChI is InChI=1S/C22H27N3O2/c26-22(17-25-10-9-18-5-3-4-8-21(18)25)23-15-19-6-1-2-7-20(19)16-24-11-13-27-14-12-24/h1-8H,9-17H2,(H,23,26). The van der Waals surface area contributed by atoms with E-state index in [1.165, 1.54) is 22.4 Å². The maximum Gasteiger partial charge on any atom is 0.239 e. The number of fused-ring (bicyclic) bond motifs is 1. The molecule has 1 fully saturated rings. The first kappa shape index (κ1) is 18.0. The zero-order valence-corrected chi connectivity index (χ0v) is 15.7. The summed E-state index contributed by atoms with van der Waals surface area (Å²) in [6.45, 7) is 6.36. The third kappa shape index (κ3) is 4.49. The first-order valence-electron chi connectivity index (χ1n) is 9.76. The van der Waals surface area contributed by atoms with Crippen LogP contribution in [0.5, 0.6) is 0 Å². The molecule has 2 heterocycles. The Labute approximate surface area is 160 Å². The van der Waals surface area contributed by atoms with Crippen molar-refractivity contribution in [2.24, 2.45) is 0 Å². The normalized spacial score (nSPS) is 17.0. The van der Waals surface area contributed by atoms with Gasteiger partial charge in [0.1, 0.15) is 0 Å². The van der Waals surface area contributed by atoms with Crippen LogP contribution in [0.3, 0.4) is 0 Å². The van der Waals surface area contributed by atoms with E-state index in [9.17, 15) is 4.79 Å². The fourth-order valence-corrected chi connectivity index (χ4v) is 3.88. The molecule has 2 aliphatic rings. The van der Waals surface area contributed by atoms with E-state index in [1.54, 1.807) is 0 Å². The number of anilines is 1. The Hall–Kier alpha value is -2.37. The van der Waals surface area contributed by atoms with Gasteiger partial charge < -0.3 is 15.0 Å². The van der Waals surface area contributed by atoms with Crippen molar-refractivity contribution in [1.29, 1.82) is 0 Å². The summed E-state index contributed by atoms with van der Waals surface area (Å²) in [7, 11) is 0. The highest BCUT2D eigenvalue weighted by atomic mass is 16.5. The molecule has 0 atom stereocenters. The SMILES string of the molecule is O=C(CN1CCc2ccccc21)NCc1ccccc1CN1CCOCC1. The third-order valence-electron chi connectivity index (χ3n) is 5.41.